The molecule has 1 aromatic heterocycles. The maximum absolute atomic E-state index is 12.5. The number of carbonyl (C=O) groups excluding carboxylic acids is 1. The molecule has 0 unspecified atom stereocenters. The highest BCUT2D eigenvalue weighted by molar-refractivity contribution is 7.09. The van der Waals surface area contributed by atoms with E-state index in [1.807, 2.05) is 29.6 Å². The molecule has 5 heteroatoms. The van der Waals surface area contributed by atoms with Crippen molar-refractivity contribution in [3.63, 3.8) is 0 Å². The number of fused-ring (bicyclic) bond motifs is 1. The maximum atomic E-state index is 12.5. The number of aryl methyl sites for hydroxylation is 1. The van der Waals surface area contributed by atoms with Crippen molar-refractivity contribution in [3.8, 4) is 5.75 Å². The molecule has 1 N–H and O–H groups in total. The fraction of sp³-hybridized carbons (Fsp3) is 0.444. The quantitative estimate of drug-likeness (QED) is 0.914. The molecule has 0 aliphatic carbocycles. The number of rotatable bonds is 5. The van der Waals surface area contributed by atoms with Gasteiger partial charge in [-0.1, -0.05) is 25.1 Å². The summed E-state index contributed by atoms with van der Waals surface area (Å²) in [5, 5.41) is 6.22. The van der Waals surface area contributed by atoms with Gasteiger partial charge < -0.3 is 10.1 Å². The second-order valence-corrected chi connectivity index (χ2v) is 6.79. The van der Waals surface area contributed by atoms with Crippen LogP contribution in [0.25, 0.3) is 0 Å². The molecule has 3 rings (SSSR count). The Labute approximate surface area is 140 Å². The first-order chi connectivity index (χ1) is 11.3. The van der Waals surface area contributed by atoms with Crippen LogP contribution in [0.3, 0.4) is 0 Å². The van der Waals surface area contributed by atoms with Crippen LogP contribution >= 0.6 is 11.3 Å². The molecule has 0 saturated carbocycles. The third-order valence-electron chi connectivity index (χ3n) is 4.04. The van der Waals surface area contributed by atoms with Crippen molar-refractivity contribution in [1.82, 2.24) is 10.3 Å². The summed E-state index contributed by atoms with van der Waals surface area (Å²) in [7, 11) is 0. The van der Waals surface area contributed by atoms with Gasteiger partial charge >= 0.3 is 0 Å². The van der Waals surface area contributed by atoms with E-state index < -0.39 is 0 Å². The highest BCUT2D eigenvalue weighted by atomic mass is 32.1. The van der Waals surface area contributed by atoms with Gasteiger partial charge in [0, 0.05) is 11.3 Å². The van der Waals surface area contributed by atoms with Gasteiger partial charge in [0.1, 0.15) is 5.75 Å². The number of carbonyl (C=O) groups is 1. The Bertz CT molecular complexity index is 669. The summed E-state index contributed by atoms with van der Waals surface area (Å²) in [5.74, 6) is 0.967. The van der Waals surface area contributed by atoms with Gasteiger partial charge in [-0.05, 0) is 37.3 Å². The Hall–Kier alpha value is -1.88. The molecular formula is C18H22N2O2S. The van der Waals surface area contributed by atoms with Crippen LogP contribution in [-0.2, 0) is 24.2 Å². The van der Waals surface area contributed by atoms with Crippen LogP contribution in [0.15, 0.2) is 29.6 Å². The molecule has 0 spiro atoms. The number of nitrogens with zero attached hydrogens (tertiary/aromatic N) is 1. The van der Waals surface area contributed by atoms with Gasteiger partial charge in [-0.3, -0.25) is 4.79 Å². The van der Waals surface area contributed by atoms with Crippen LogP contribution in [0.2, 0.25) is 0 Å². The highest BCUT2D eigenvalue weighted by Crippen LogP contribution is 2.26. The summed E-state index contributed by atoms with van der Waals surface area (Å²) < 4.78 is 5.73. The predicted molar refractivity (Wildman–Crippen MR) is 91.7 cm³/mol. The van der Waals surface area contributed by atoms with E-state index in [1.54, 1.807) is 11.3 Å². The Morgan fingerprint density at radius 2 is 2.30 bits per heavy atom. The predicted octanol–water partition coefficient (Wildman–Crippen LogP) is 3.35. The molecule has 4 nitrogen and oxygen atoms in total. The Kier molecular flexibility index (Phi) is 5.28. The molecule has 0 fully saturated rings. The number of para-hydroxylation sites is 1. The number of hydrogen-bond donors (Lipinski definition) is 1. The van der Waals surface area contributed by atoms with Crippen LogP contribution in [0, 0.1) is 5.92 Å². The monoisotopic (exact) mass is 330 g/mol. The molecule has 23 heavy (non-hydrogen) atoms. The van der Waals surface area contributed by atoms with Crippen LogP contribution < -0.4 is 10.1 Å². The molecule has 1 aromatic carbocycles. The van der Waals surface area contributed by atoms with Gasteiger partial charge in [-0.15, -0.1) is 11.3 Å². The third kappa shape index (κ3) is 4.10. The van der Waals surface area contributed by atoms with Crippen molar-refractivity contribution in [2.24, 2.45) is 5.92 Å². The fourth-order valence-electron chi connectivity index (χ4n) is 2.80. The van der Waals surface area contributed by atoms with Gasteiger partial charge in [0.15, 0.2) is 0 Å². The second kappa shape index (κ2) is 7.59. The van der Waals surface area contributed by atoms with E-state index in [2.05, 4.69) is 17.2 Å². The highest BCUT2D eigenvalue weighted by Gasteiger charge is 2.23. The van der Waals surface area contributed by atoms with Crippen LogP contribution in [-0.4, -0.2) is 17.5 Å². The molecule has 2 heterocycles. The van der Waals surface area contributed by atoms with Gasteiger partial charge in [-0.25, -0.2) is 4.98 Å². The topological polar surface area (TPSA) is 51.2 Å². The number of ether oxygens (including phenoxy) is 1. The lowest BCUT2D eigenvalue weighted by Gasteiger charge is -2.13. The van der Waals surface area contributed by atoms with Gasteiger partial charge in [-0.2, -0.15) is 0 Å². The van der Waals surface area contributed by atoms with E-state index in [0.717, 1.165) is 47.7 Å². The maximum Gasteiger partial charge on any atom is 0.223 e. The van der Waals surface area contributed by atoms with E-state index in [0.29, 0.717) is 13.2 Å². The van der Waals surface area contributed by atoms with Gasteiger partial charge in [0.2, 0.25) is 5.91 Å². The van der Waals surface area contributed by atoms with E-state index >= 15 is 0 Å². The summed E-state index contributed by atoms with van der Waals surface area (Å²) in [4.78, 5) is 17.0. The molecule has 2 aromatic rings. The molecule has 0 radical (unpaired) electrons. The summed E-state index contributed by atoms with van der Waals surface area (Å²) in [6, 6.07) is 7.97. The lowest BCUT2D eigenvalue weighted by Crippen LogP contribution is -2.31. The zero-order valence-corrected chi connectivity index (χ0v) is 14.2. The van der Waals surface area contributed by atoms with Gasteiger partial charge in [0.25, 0.3) is 0 Å². The van der Waals surface area contributed by atoms with Gasteiger partial charge in [0.05, 0.1) is 23.9 Å². The van der Waals surface area contributed by atoms with Crippen molar-refractivity contribution >= 4 is 17.2 Å². The Morgan fingerprint density at radius 3 is 3.17 bits per heavy atom. The average molecular weight is 330 g/mol. The molecule has 0 bridgehead atoms. The molecule has 1 atom stereocenters. The van der Waals surface area contributed by atoms with Crippen molar-refractivity contribution in [2.75, 3.05) is 6.61 Å². The van der Waals surface area contributed by atoms with E-state index in [-0.39, 0.29) is 11.8 Å². The standard InChI is InChI=1S/C18H22N2O2S/c1-2-5-17-20-15(12-23-17)11-19-18(21)14-8-9-22-16-7-4-3-6-13(16)10-14/h3-4,6-7,12,14H,2,5,8-11H2,1H3,(H,19,21)/t14-/m1/s1. The Balaban J connectivity index is 1.57. The first-order valence-electron chi connectivity index (χ1n) is 8.18. The lowest BCUT2D eigenvalue weighted by atomic mass is 9.96. The Morgan fingerprint density at radius 1 is 1.43 bits per heavy atom. The molecular weight excluding hydrogens is 308 g/mol. The van der Waals surface area contributed by atoms with Crippen LogP contribution in [0.4, 0.5) is 0 Å². The normalized spacial score (nSPS) is 17.0. The first-order valence-corrected chi connectivity index (χ1v) is 9.06. The van der Waals surface area contributed by atoms with Crippen molar-refractivity contribution in [1.29, 1.82) is 0 Å². The largest absolute Gasteiger partial charge is 0.493 e. The minimum absolute atomic E-state index is 0.0348. The summed E-state index contributed by atoms with van der Waals surface area (Å²) >= 11 is 1.67. The zero-order valence-electron chi connectivity index (χ0n) is 13.4. The number of benzene rings is 1. The number of aromatic nitrogens is 1. The van der Waals surface area contributed by atoms with E-state index in [9.17, 15) is 4.79 Å². The third-order valence-corrected chi connectivity index (χ3v) is 5.00. The first kappa shape index (κ1) is 16.0. The zero-order chi connectivity index (χ0) is 16.1. The van der Waals surface area contributed by atoms with Crippen LogP contribution in [0.5, 0.6) is 5.75 Å². The molecule has 0 saturated heterocycles. The summed E-state index contributed by atoms with van der Waals surface area (Å²) in [5.41, 5.74) is 2.07. The molecule has 122 valence electrons. The number of nitrogens with one attached hydrogen (secondary N) is 1. The van der Waals surface area contributed by atoms with Crippen molar-refractivity contribution in [3.05, 3.63) is 45.9 Å². The SMILES string of the molecule is CCCc1nc(CNC(=O)[C@@H]2CCOc3ccccc3C2)cs1. The minimum Gasteiger partial charge on any atom is -0.493 e. The summed E-state index contributed by atoms with van der Waals surface area (Å²) in [6.45, 7) is 3.25. The number of thiazole rings is 1. The molecule has 1 amide bonds. The second-order valence-electron chi connectivity index (χ2n) is 5.85. The lowest BCUT2D eigenvalue weighted by molar-refractivity contribution is -0.125. The molecule has 1 aliphatic heterocycles. The van der Waals surface area contributed by atoms with E-state index in [4.69, 9.17) is 4.74 Å². The van der Waals surface area contributed by atoms with E-state index in [1.165, 1.54) is 0 Å². The smallest absolute Gasteiger partial charge is 0.223 e. The van der Waals surface area contributed by atoms with Crippen LogP contribution in [0.1, 0.15) is 36.0 Å². The average Bonchev–Trinajstić information content (AvgIpc) is 2.89. The summed E-state index contributed by atoms with van der Waals surface area (Å²) in [6.07, 6.45) is 3.59. The van der Waals surface area contributed by atoms with Crippen molar-refractivity contribution < 1.29 is 9.53 Å². The fourth-order valence-corrected chi connectivity index (χ4v) is 3.70. The number of hydrogen-bond acceptors (Lipinski definition) is 4. The molecule has 1 aliphatic rings. The van der Waals surface area contributed by atoms with Crippen molar-refractivity contribution in [2.45, 2.75) is 39.2 Å². The number of amides is 1. The minimum atomic E-state index is -0.0348.